The van der Waals surface area contributed by atoms with Crippen molar-refractivity contribution in [2.75, 3.05) is 5.75 Å². The Labute approximate surface area is 204 Å². The molecule has 4 aromatic rings. The first-order chi connectivity index (χ1) is 16.4. The lowest BCUT2D eigenvalue weighted by Gasteiger charge is -2.32. The van der Waals surface area contributed by atoms with Crippen LogP contribution in [-0.2, 0) is 15.3 Å². The van der Waals surface area contributed by atoms with Crippen LogP contribution in [-0.4, -0.2) is 24.4 Å². The van der Waals surface area contributed by atoms with Crippen molar-refractivity contribution in [3.63, 3.8) is 0 Å². The van der Waals surface area contributed by atoms with Crippen LogP contribution in [0.5, 0.6) is 0 Å². The van der Waals surface area contributed by atoms with Crippen molar-refractivity contribution in [3.05, 3.63) is 107 Å². The molecule has 0 spiro atoms. The van der Waals surface area contributed by atoms with Gasteiger partial charge in [0.05, 0.1) is 21.1 Å². The van der Waals surface area contributed by atoms with E-state index in [1.54, 1.807) is 54.2 Å². The molecule has 170 valence electrons. The third-order valence-electron chi connectivity index (χ3n) is 6.51. The van der Waals surface area contributed by atoms with Gasteiger partial charge in [0.15, 0.2) is 0 Å². The fraction of sp³-hybridized carbons (Fsp3) is 0.179. The van der Waals surface area contributed by atoms with Crippen LogP contribution in [0.1, 0.15) is 22.4 Å². The van der Waals surface area contributed by atoms with Crippen molar-refractivity contribution < 1.29 is 8.42 Å². The summed E-state index contributed by atoms with van der Waals surface area (Å²) in [6, 6.07) is 24.6. The number of aromatic amines is 1. The molecule has 1 N–H and O–H groups in total. The van der Waals surface area contributed by atoms with Crippen LogP contribution < -0.4 is 0 Å². The average molecular weight is 485 g/mol. The molecule has 0 saturated carbocycles. The Morgan fingerprint density at radius 3 is 2.41 bits per heavy atom. The van der Waals surface area contributed by atoms with Crippen LogP contribution >= 0.6 is 11.8 Å². The Hall–Kier alpha value is -3.27. The first kappa shape index (κ1) is 22.5. The number of nitriles is 1. The van der Waals surface area contributed by atoms with Gasteiger partial charge in [-0.25, -0.2) is 8.42 Å². The van der Waals surface area contributed by atoms with Gasteiger partial charge in [0.1, 0.15) is 5.41 Å². The molecule has 1 aliphatic rings. The maximum absolute atomic E-state index is 13.2. The van der Waals surface area contributed by atoms with E-state index in [-0.39, 0.29) is 15.0 Å². The van der Waals surface area contributed by atoms with Gasteiger partial charge in [-0.15, -0.1) is 11.8 Å². The SMILES string of the molecule is Cc1ccc(S(=O)(=O)c2ccc3[nH]c(C(C#N)(c4ccccc4C)C4C=CCS4)cc3c2)cc1. The number of hydrogen-bond acceptors (Lipinski definition) is 4. The topological polar surface area (TPSA) is 73.7 Å². The van der Waals surface area contributed by atoms with Crippen LogP contribution in [0.25, 0.3) is 10.9 Å². The third kappa shape index (κ3) is 3.56. The molecule has 0 bridgehead atoms. The highest BCUT2D eigenvalue weighted by atomic mass is 32.2. The second-order valence-electron chi connectivity index (χ2n) is 8.67. The molecule has 4 nitrogen and oxygen atoms in total. The van der Waals surface area contributed by atoms with Gasteiger partial charge in [0, 0.05) is 22.3 Å². The molecule has 1 aliphatic heterocycles. The monoisotopic (exact) mass is 484 g/mol. The smallest absolute Gasteiger partial charge is 0.206 e. The lowest BCUT2D eigenvalue weighted by atomic mass is 9.74. The Balaban J connectivity index is 1.67. The normalized spacial score (nSPS) is 17.5. The fourth-order valence-corrected chi connectivity index (χ4v) is 7.16. The van der Waals surface area contributed by atoms with Crippen molar-refractivity contribution in [2.45, 2.75) is 34.3 Å². The number of hydrogen-bond donors (Lipinski definition) is 1. The van der Waals surface area contributed by atoms with Crippen molar-refractivity contribution >= 4 is 32.5 Å². The van der Waals surface area contributed by atoms with Crippen LogP contribution in [0.3, 0.4) is 0 Å². The molecule has 2 unspecified atom stereocenters. The van der Waals surface area contributed by atoms with Gasteiger partial charge in [-0.05, 0) is 61.4 Å². The molecule has 0 fully saturated rings. The molecule has 0 saturated heterocycles. The third-order valence-corrected chi connectivity index (χ3v) is 9.54. The number of nitrogens with zero attached hydrogens (tertiary/aromatic N) is 1. The molecular formula is C28H24N2O2S2. The molecule has 0 amide bonds. The van der Waals surface area contributed by atoms with E-state index in [4.69, 9.17) is 0 Å². The lowest BCUT2D eigenvalue weighted by Crippen LogP contribution is -2.37. The zero-order valence-electron chi connectivity index (χ0n) is 18.9. The Morgan fingerprint density at radius 1 is 1.00 bits per heavy atom. The Bertz CT molecular complexity index is 1560. The molecule has 34 heavy (non-hydrogen) atoms. The second kappa shape index (κ2) is 8.50. The van der Waals surface area contributed by atoms with Crippen molar-refractivity contribution in [1.82, 2.24) is 4.98 Å². The first-order valence-electron chi connectivity index (χ1n) is 11.1. The molecule has 6 heteroatoms. The van der Waals surface area contributed by atoms with Gasteiger partial charge < -0.3 is 4.98 Å². The summed E-state index contributed by atoms with van der Waals surface area (Å²) < 4.78 is 26.5. The largest absolute Gasteiger partial charge is 0.357 e. The van der Waals surface area contributed by atoms with E-state index >= 15 is 0 Å². The van der Waals surface area contributed by atoms with Gasteiger partial charge in [0.2, 0.25) is 9.84 Å². The van der Waals surface area contributed by atoms with E-state index in [9.17, 15) is 13.7 Å². The number of nitrogens with one attached hydrogen (secondary N) is 1. The summed E-state index contributed by atoms with van der Waals surface area (Å²) in [5, 5.41) is 11.3. The predicted octanol–water partition coefficient (Wildman–Crippen LogP) is 6.10. The fourth-order valence-electron chi connectivity index (χ4n) is 4.66. The highest BCUT2D eigenvalue weighted by Crippen LogP contribution is 2.45. The molecular weight excluding hydrogens is 460 g/mol. The van der Waals surface area contributed by atoms with Crippen LogP contribution in [0, 0.1) is 25.2 Å². The lowest BCUT2D eigenvalue weighted by molar-refractivity contribution is 0.596. The minimum atomic E-state index is -3.65. The number of benzene rings is 3. The zero-order valence-corrected chi connectivity index (χ0v) is 20.6. The van der Waals surface area contributed by atoms with E-state index in [0.29, 0.717) is 0 Å². The van der Waals surface area contributed by atoms with Crippen LogP contribution in [0.15, 0.2) is 94.7 Å². The van der Waals surface area contributed by atoms with Crippen molar-refractivity contribution in [1.29, 1.82) is 5.26 Å². The van der Waals surface area contributed by atoms with E-state index in [1.165, 1.54) is 0 Å². The first-order valence-corrected chi connectivity index (χ1v) is 13.6. The van der Waals surface area contributed by atoms with Gasteiger partial charge in [0.25, 0.3) is 0 Å². The van der Waals surface area contributed by atoms with E-state index < -0.39 is 15.3 Å². The highest BCUT2D eigenvalue weighted by Gasteiger charge is 2.45. The summed E-state index contributed by atoms with van der Waals surface area (Å²) >= 11 is 1.74. The number of aromatic nitrogens is 1. The molecule has 0 aliphatic carbocycles. The van der Waals surface area contributed by atoms with Gasteiger partial charge in [-0.3, -0.25) is 0 Å². The molecule has 1 aromatic heterocycles. The number of fused-ring (bicyclic) bond motifs is 1. The molecule has 2 atom stereocenters. The number of aryl methyl sites for hydroxylation is 2. The average Bonchev–Trinajstić information content (AvgIpc) is 3.52. The number of H-pyrrole nitrogens is 1. The van der Waals surface area contributed by atoms with E-state index in [1.807, 2.05) is 44.2 Å². The zero-order chi connectivity index (χ0) is 23.9. The van der Waals surface area contributed by atoms with Crippen LogP contribution in [0.4, 0.5) is 0 Å². The Morgan fingerprint density at radius 2 is 1.74 bits per heavy atom. The highest BCUT2D eigenvalue weighted by molar-refractivity contribution is 8.00. The minimum absolute atomic E-state index is 0.0533. The summed E-state index contributed by atoms with van der Waals surface area (Å²) in [7, 11) is -3.65. The maximum atomic E-state index is 13.2. The molecule has 0 radical (unpaired) electrons. The van der Waals surface area contributed by atoms with Gasteiger partial charge >= 0.3 is 0 Å². The van der Waals surface area contributed by atoms with Gasteiger partial charge in [-0.1, -0.05) is 54.1 Å². The van der Waals surface area contributed by atoms with Gasteiger partial charge in [-0.2, -0.15) is 5.26 Å². The summed E-state index contributed by atoms with van der Waals surface area (Å²) in [5.41, 5.74) is 3.67. The molecule has 3 aromatic carbocycles. The molecule has 5 rings (SSSR count). The summed E-state index contributed by atoms with van der Waals surface area (Å²) in [4.78, 5) is 3.96. The standard InChI is InChI=1S/C28H24N2O2S2/c1-19-9-11-22(12-10-19)34(31,32)23-13-14-25-21(16-23)17-26(30-25)28(18-29,27-8-5-15-33-27)24-7-4-3-6-20(24)2/h3-14,16-17,27,30H,15H2,1-2H3. The van der Waals surface area contributed by atoms with Crippen molar-refractivity contribution in [3.8, 4) is 6.07 Å². The second-order valence-corrected chi connectivity index (χ2v) is 11.8. The predicted molar refractivity (Wildman–Crippen MR) is 138 cm³/mol. The van der Waals surface area contributed by atoms with Crippen molar-refractivity contribution in [2.24, 2.45) is 0 Å². The van der Waals surface area contributed by atoms with E-state index in [2.05, 4.69) is 23.2 Å². The molecule has 2 heterocycles. The summed E-state index contributed by atoms with van der Waals surface area (Å²) in [6.45, 7) is 3.96. The maximum Gasteiger partial charge on any atom is 0.206 e. The number of thioether (sulfide) groups is 1. The number of rotatable bonds is 5. The summed E-state index contributed by atoms with van der Waals surface area (Å²) in [6.07, 6.45) is 4.22. The summed E-state index contributed by atoms with van der Waals surface area (Å²) in [5.74, 6) is 0.860. The van der Waals surface area contributed by atoms with E-state index in [0.717, 1.165) is 39.0 Å². The van der Waals surface area contributed by atoms with Crippen LogP contribution in [0.2, 0.25) is 0 Å². The number of sulfone groups is 1. The Kier molecular flexibility index (Phi) is 5.63. The minimum Gasteiger partial charge on any atom is -0.357 e. The quantitative estimate of drug-likeness (QED) is 0.348.